The molecular weight excluding hydrogens is 581 g/mol. The van der Waals surface area contributed by atoms with Gasteiger partial charge in [-0.05, 0) is 36.0 Å². The zero-order valence-corrected chi connectivity index (χ0v) is 25.4. The highest BCUT2D eigenvalue weighted by molar-refractivity contribution is 8.06. The molecule has 2 unspecified atom stereocenters. The fourth-order valence-electron chi connectivity index (χ4n) is 5.58. The fourth-order valence-corrected chi connectivity index (χ4v) is 8.28. The Morgan fingerprint density at radius 3 is 2.23 bits per heavy atom. The van der Waals surface area contributed by atoms with E-state index in [1.54, 1.807) is 23.5 Å². The van der Waals surface area contributed by atoms with Gasteiger partial charge in [0.1, 0.15) is 17.1 Å². The molecule has 0 saturated carbocycles. The molecule has 3 heterocycles. The van der Waals surface area contributed by atoms with Crippen LogP contribution >= 0.6 is 23.5 Å². The van der Waals surface area contributed by atoms with Gasteiger partial charge in [-0.15, -0.1) is 23.5 Å². The third-order valence-electron chi connectivity index (χ3n) is 7.80. The van der Waals surface area contributed by atoms with Crippen molar-refractivity contribution in [1.82, 2.24) is 10.2 Å². The van der Waals surface area contributed by atoms with Crippen LogP contribution in [0.2, 0.25) is 0 Å². The van der Waals surface area contributed by atoms with E-state index in [9.17, 15) is 14.4 Å². The second-order valence-electron chi connectivity index (χ2n) is 10.8. The van der Waals surface area contributed by atoms with Gasteiger partial charge in [-0.25, -0.2) is 4.79 Å². The molecule has 6 rings (SSSR count). The number of hydrogen-bond acceptors (Lipinski definition) is 7. The molecule has 3 aliphatic heterocycles. The summed E-state index contributed by atoms with van der Waals surface area (Å²) in [5.41, 5.74) is 2.84. The zero-order chi connectivity index (χ0) is 29.6. The van der Waals surface area contributed by atoms with Crippen molar-refractivity contribution in [2.24, 2.45) is 0 Å². The number of carbonyl (C=O) groups is 3. The molecule has 0 aromatic heterocycles. The van der Waals surface area contributed by atoms with Crippen LogP contribution in [0.5, 0.6) is 0 Å². The van der Waals surface area contributed by atoms with Crippen molar-refractivity contribution < 1.29 is 23.9 Å². The van der Waals surface area contributed by atoms with Gasteiger partial charge in [0.2, 0.25) is 5.91 Å². The smallest absolute Gasteiger partial charge is 0.356 e. The number of thioether (sulfide) groups is 2. The van der Waals surface area contributed by atoms with Gasteiger partial charge in [-0.1, -0.05) is 91.0 Å². The van der Waals surface area contributed by atoms with Gasteiger partial charge in [-0.2, -0.15) is 0 Å². The summed E-state index contributed by atoms with van der Waals surface area (Å²) in [5, 5.41) is 2.53. The Hall–Kier alpha value is -3.53. The Balaban J connectivity index is 1.24. The third-order valence-corrected chi connectivity index (χ3v) is 10.5. The topological polar surface area (TPSA) is 84.9 Å². The number of rotatable bonds is 10. The van der Waals surface area contributed by atoms with E-state index in [4.69, 9.17) is 9.47 Å². The van der Waals surface area contributed by atoms with Crippen LogP contribution < -0.4 is 5.32 Å². The summed E-state index contributed by atoms with van der Waals surface area (Å²) in [4.78, 5) is 42.9. The van der Waals surface area contributed by atoms with E-state index < -0.39 is 18.1 Å². The Morgan fingerprint density at radius 2 is 1.60 bits per heavy atom. The summed E-state index contributed by atoms with van der Waals surface area (Å²) in [5.74, 6) is 0.187. The molecule has 3 aromatic rings. The highest BCUT2D eigenvalue weighted by Gasteiger charge is 2.54. The highest BCUT2D eigenvalue weighted by Crippen LogP contribution is 2.45. The minimum absolute atomic E-state index is 0.116. The normalized spacial score (nSPS) is 21.7. The summed E-state index contributed by atoms with van der Waals surface area (Å²) in [6.07, 6.45) is 2.84. The quantitative estimate of drug-likeness (QED) is 0.239. The summed E-state index contributed by atoms with van der Waals surface area (Å²) in [7, 11) is 0. The van der Waals surface area contributed by atoms with Crippen molar-refractivity contribution >= 4 is 41.3 Å². The first-order chi connectivity index (χ1) is 21.1. The fraction of sp³-hybridized carbons (Fsp3) is 0.324. The molecule has 3 aliphatic rings. The van der Waals surface area contributed by atoms with Crippen LogP contribution in [0.3, 0.4) is 0 Å². The van der Waals surface area contributed by atoms with Crippen LogP contribution in [-0.2, 0) is 30.3 Å². The largest absolute Gasteiger partial charge is 0.448 e. The van der Waals surface area contributed by atoms with Gasteiger partial charge in [0, 0.05) is 23.0 Å². The molecule has 3 atom stereocenters. The molecule has 43 heavy (non-hydrogen) atoms. The maximum atomic E-state index is 14.1. The van der Waals surface area contributed by atoms with E-state index in [-0.39, 0.29) is 35.4 Å². The molecule has 2 fully saturated rings. The lowest BCUT2D eigenvalue weighted by molar-refractivity contribution is -0.154. The predicted molar refractivity (Wildman–Crippen MR) is 169 cm³/mol. The Kier molecular flexibility index (Phi) is 9.51. The van der Waals surface area contributed by atoms with E-state index in [1.165, 1.54) is 4.90 Å². The molecule has 222 valence electrons. The standard InChI is InChI=1S/C34H34N2O5S2/c37-28(20-23-12-4-1-5-13-23)35-29-32(38)36-30(27(22-43-33(29)36)42-21-26-18-10-11-19-40-26)34(39)41-31(24-14-6-2-7-15-24)25-16-8-3-9-17-25/h1-9,12-17,26,29,31,33H,10-11,18-22H2,(H,35,37)/t26?,29?,33-/m0/s1. The van der Waals surface area contributed by atoms with Crippen LogP contribution in [0, 0.1) is 0 Å². The third kappa shape index (κ3) is 6.84. The Labute approximate surface area is 260 Å². The number of benzene rings is 3. The van der Waals surface area contributed by atoms with Gasteiger partial charge in [0.25, 0.3) is 5.91 Å². The summed E-state index contributed by atoms with van der Waals surface area (Å²) < 4.78 is 12.2. The second-order valence-corrected chi connectivity index (χ2v) is 13.0. The number of hydrogen-bond donors (Lipinski definition) is 1. The van der Waals surface area contributed by atoms with Crippen LogP contribution in [-0.4, -0.2) is 58.3 Å². The molecule has 0 bridgehead atoms. The SMILES string of the molecule is O=C(Cc1ccccc1)NC1C(=O)N2C(C(=O)OC(c3ccccc3)c3ccccc3)=C(SCC3CCCCO3)CS[C@@H]12. The number of β-lactam (4-membered cyclic amide) rings is 1. The number of nitrogens with zero attached hydrogens (tertiary/aromatic N) is 1. The van der Waals surface area contributed by atoms with Gasteiger partial charge < -0.3 is 14.8 Å². The first kappa shape index (κ1) is 29.5. The van der Waals surface area contributed by atoms with E-state index in [0.717, 1.165) is 47.5 Å². The first-order valence-electron chi connectivity index (χ1n) is 14.6. The van der Waals surface area contributed by atoms with Gasteiger partial charge in [0.05, 0.1) is 12.5 Å². The summed E-state index contributed by atoms with van der Waals surface area (Å²) in [6, 6.07) is 28.0. The lowest BCUT2D eigenvalue weighted by atomic mass is 10.0. The lowest BCUT2D eigenvalue weighted by Gasteiger charge is -2.49. The van der Waals surface area contributed by atoms with E-state index in [0.29, 0.717) is 11.5 Å². The molecule has 7 nitrogen and oxygen atoms in total. The highest BCUT2D eigenvalue weighted by atomic mass is 32.2. The summed E-state index contributed by atoms with van der Waals surface area (Å²) >= 11 is 3.13. The Morgan fingerprint density at radius 1 is 0.953 bits per heavy atom. The first-order valence-corrected chi connectivity index (χ1v) is 16.7. The number of esters is 1. The molecule has 9 heteroatoms. The lowest BCUT2D eigenvalue weighted by Crippen LogP contribution is -2.70. The monoisotopic (exact) mass is 614 g/mol. The van der Waals surface area contributed by atoms with Crippen molar-refractivity contribution in [2.45, 2.75) is 49.3 Å². The minimum Gasteiger partial charge on any atom is -0.448 e. The van der Waals surface area contributed by atoms with E-state index in [1.807, 2.05) is 91.0 Å². The van der Waals surface area contributed by atoms with Gasteiger partial charge in [0.15, 0.2) is 6.10 Å². The average Bonchev–Trinajstić information content (AvgIpc) is 3.06. The van der Waals surface area contributed by atoms with Crippen molar-refractivity contribution in [3.63, 3.8) is 0 Å². The van der Waals surface area contributed by atoms with Crippen LogP contribution in [0.4, 0.5) is 0 Å². The van der Waals surface area contributed by atoms with Crippen LogP contribution in [0.25, 0.3) is 0 Å². The van der Waals surface area contributed by atoms with E-state index >= 15 is 0 Å². The Bertz CT molecular complexity index is 1420. The van der Waals surface area contributed by atoms with Crippen LogP contribution in [0.15, 0.2) is 102 Å². The predicted octanol–water partition coefficient (Wildman–Crippen LogP) is 5.48. The summed E-state index contributed by atoms with van der Waals surface area (Å²) in [6.45, 7) is 0.751. The molecule has 2 amide bonds. The molecule has 1 N–H and O–H groups in total. The molecule has 0 radical (unpaired) electrons. The second kappa shape index (κ2) is 13.8. The molecule has 0 spiro atoms. The minimum atomic E-state index is -0.698. The molecule has 0 aliphatic carbocycles. The number of carbonyl (C=O) groups excluding carboxylic acids is 3. The number of amides is 2. The van der Waals surface area contributed by atoms with E-state index in [2.05, 4.69) is 5.32 Å². The van der Waals surface area contributed by atoms with Gasteiger partial charge >= 0.3 is 5.97 Å². The molecule has 2 saturated heterocycles. The molecule has 3 aromatic carbocycles. The zero-order valence-electron chi connectivity index (χ0n) is 23.7. The molecular formula is C34H34N2O5S2. The van der Waals surface area contributed by atoms with Crippen molar-refractivity contribution in [2.75, 3.05) is 18.1 Å². The van der Waals surface area contributed by atoms with Crippen molar-refractivity contribution in [3.05, 3.63) is 118 Å². The number of ether oxygens (including phenoxy) is 2. The van der Waals surface area contributed by atoms with Crippen molar-refractivity contribution in [1.29, 1.82) is 0 Å². The van der Waals surface area contributed by atoms with Gasteiger partial charge in [-0.3, -0.25) is 14.5 Å². The number of fused-ring (bicyclic) bond motifs is 1. The maximum absolute atomic E-state index is 14.1. The maximum Gasteiger partial charge on any atom is 0.356 e. The van der Waals surface area contributed by atoms with Crippen LogP contribution in [0.1, 0.15) is 42.1 Å². The van der Waals surface area contributed by atoms with Crippen molar-refractivity contribution in [3.8, 4) is 0 Å². The number of nitrogens with one attached hydrogen (secondary N) is 1. The average molecular weight is 615 g/mol.